The highest BCUT2D eigenvalue weighted by Gasteiger charge is 2.18. The first-order valence-corrected chi connectivity index (χ1v) is 8.38. The van der Waals surface area contributed by atoms with Crippen molar-refractivity contribution >= 4 is 11.9 Å². The summed E-state index contributed by atoms with van der Waals surface area (Å²) in [6.45, 7) is 7.70. The van der Waals surface area contributed by atoms with Crippen LogP contribution in [0.3, 0.4) is 0 Å². The zero-order valence-electron chi connectivity index (χ0n) is 15.2. The Hall–Kier alpha value is -3.15. The standard InChI is InChI=1S/C20H21N3O3/c1-12-5-8-16(9-6-12)19-22-20(23-26-19)21-18(24)15(4)25-17-10-7-13(2)14(3)11-17/h5-11,15H,1-4H3,(H,21,23,24)/t15-/m0/s1. The molecule has 0 bridgehead atoms. The van der Waals surface area contributed by atoms with Crippen LogP contribution in [0.5, 0.6) is 5.75 Å². The van der Waals surface area contributed by atoms with Crippen molar-refractivity contribution in [2.45, 2.75) is 33.8 Å². The molecule has 1 amide bonds. The first kappa shape index (κ1) is 17.7. The zero-order chi connectivity index (χ0) is 18.7. The van der Waals surface area contributed by atoms with Crippen LogP contribution in [0, 0.1) is 20.8 Å². The van der Waals surface area contributed by atoms with Crippen molar-refractivity contribution in [1.82, 2.24) is 10.1 Å². The first-order chi connectivity index (χ1) is 12.4. The lowest BCUT2D eigenvalue weighted by Gasteiger charge is -2.14. The van der Waals surface area contributed by atoms with E-state index in [1.54, 1.807) is 6.92 Å². The fraction of sp³-hybridized carbons (Fsp3) is 0.250. The fourth-order valence-corrected chi connectivity index (χ4v) is 2.34. The van der Waals surface area contributed by atoms with Crippen LogP contribution < -0.4 is 10.1 Å². The molecule has 1 aromatic heterocycles. The van der Waals surface area contributed by atoms with Gasteiger partial charge in [-0.1, -0.05) is 23.8 Å². The highest BCUT2D eigenvalue weighted by molar-refractivity contribution is 5.92. The molecule has 3 aromatic rings. The number of hydrogen-bond donors (Lipinski definition) is 1. The maximum atomic E-state index is 12.3. The summed E-state index contributed by atoms with van der Waals surface area (Å²) in [5.41, 5.74) is 4.21. The largest absolute Gasteiger partial charge is 0.481 e. The second-order valence-corrected chi connectivity index (χ2v) is 6.28. The molecule has 0 saturated carbocycles. The molecule has 0 aliphatic rings. The quantitative estimate of drug-likeness (QED) is 0.750. The van der Waals surface area contributed by atoms with Gasteiger partial charge in [-0.15, -0.1) is 0 Å². The van der Waals surface area contributed by atoms with Gasteiger partial charge in [0.2, 0.25) is 0 Å². The van der Waals surface area contributed by atoms with Gasteiger partial charge in [-0.05, 0) is 68.2 Å². The molecule has 6 nitrogen and oxygen atoms in total. The summed E-state index contributed by atoms with van der Waals surface area (Å²) in [6.07, 6.45) is -0.696. The molecule has 0 fully saturated rings. The van der Waals surface area contributed by atoms with Gasteiger partial charge in [0, 0.05) is 5.56 Å². The number of rotatable bonds is 5. The molecular formula is C20H21N3O3. The van der Waals surface area contributed by atoms with E-state index in [0.29, 0.717) is 11.6 Å². The Morgan fingerprint density at radius 3 is 2.50 bits per heavy atom. The molecule has 0 spiro atoms. The van der Waals surface area contributed by atoms with Crippen molar-refractivity contribution < 1.29 is 14.1 Å². The number of benzene rings is 2. The van der Waals surface area contributed by atoms with Gasteiger partial charge >= 0.3 is 0 Å². The van der Waals surface area contributed by atoms with Crippen LogP contribution in [0.15, 0.2) is 47.0 Å². The lowest BCUT2D eigenvalue weighted by Crippen LogP contribution is -2.30. The van der Waals surface area contributed by atoms with Gasteiger partial charge in [0.1, 0.15) is 5.75 Å². The van der Waals surface area contributed by atoms with Crippen molar-refractivity contribution in [3.8, 4) is 17.2 Å². The number of carbonyl (C=O) groups excluding carboxylic acids is 1. The zero-order valence-corrected chi connectivity index (χ0v) is 15.2. The molecule has 0 radical (unpaired) electrons. The van der Waals surface area contributed by atoms with Crippen LogP contribution >= 0.6 is 0 Å². The number of nitrogens with one attached hydrogen (secondary N) is 1. The summed E-state index contributed by atoms with van der Waals surface area (Å²) in [7, 11) is 0. The Labute approximate surface area is 152 Å². The molecule has 1 atom stereocenters. The molecule has 0 aliphatic heterocycles. The molecule has 0 aliphatic carbocycles. The normalized spacial score (nSPS) is 11.8. The van der Waals surface area contributed by atoms with E-state index in [-0.39, 0.29) is 11.9 Å². The molecule has 6 heteroatoms. The van der Waals surface area contributed by atoms with Gasteiger partial charge in [0.15, 0.2) is 6.10 Å². The average Bonchev–Trinajstić information content (AvgIpc) is 3.07. The number of aryl methyl sites for hydroxylation is 3. The third-order valence-corrected chi connectivity index (χ3v) is 4.12. The number of ether oxygens (including phenoxy) is 1. The predicted molar refractivity (Wildman–Crippen MR) is 99.1 cm³/mol. The number of aromatic nitrogens is 2. The SMILES string of the molecule is Cc1ccc(-c2nc(NC(=O)[C@H](C)Oc3ccc(C)c(C)c3)no2)cc1. The second-order valence-electron chi connectivity index (χ2n) is 6.28. The number of amides is 1. The van der Waals surface area contributed by atoms with Crippen molar-refractivity contribution in [2.24, 2.45) is 0 Å². The number of anilines is 1. The van der Waals surface area contributed by atoms with Crippen molar-refractivity contribution in [2.75, 3.05) is 5.32 Å². The van der Waals surface area contributed by atoms with Gasteiger partial charge in [0.05, 0.1) is 0 Å². The highest BCUT2D eigenvalue weighted by atomic mass is 16.5. The monoisotopic (exact) mass is 351 g/mol. The van der Waals surface area contributed by atoms with Crippen LogP contribution in [0.25, 0.3) is 11.5 Å². The Bertz CT molecular complexity index is 916. The highest BCUT2D eigenvalue weighted by Crippen LogP contribution is 2.20. The summed E-state index contributed by atoms with van der Waals surface area (Å²) in [4.78, 5) is 16.5. The maximum Gasteiger partial charge on any atom is 0.270 e. The Balaban J connectivity index is 1.64. The van der Waals surface area contributed by atoms with Crippen molar-refractivity contribution in [3.63, 3.8) is 0 Å². The lowest BCUT2D eigenvalue weighted by atomic mass is 10.1. The maximum absolute atomic E-state index is 12.3. The molecule has 26 heavy (non-hydrogen) atoms. The van der Waals surface area contributed by atoms with E-state index in [1.807, 2.05) is 63.2 Å². The van der Waals surface area contributed by atoms with Gasteiger partial charge < -0.3 is 9.26 Å². The molecule has 3 rings (SSSR count). The minimum Gasteiger partial charge on any atom is -0.481 e. The lowest BCUT2D eigenvalue weighted by molar-refractivity contribution is -0.122. The van der Waals surface area contributed by atoms with Gasteiger partial charge in [-0.25, -0.2) is 0 Å². The Morgan fingerprint density at radius 2 is 1.81 bits per heavy atom. The van der Waals surface area contributed by atoms with E-state index in [1.165, 1.54) is 5.56 Å². The summed E-state index contributed by atoms with van der Waals surface area (Å²) in [5, 5.41) is 6.41. The molecule has 1 N–H and O–H groups in total. The third-order valence-electron chi connectivity index (χ3n) is 4.12. The van der Waals surface area contributed by atoms with E-state index in [4.69, 9.17) is 9.26 Å². The van der Waals surface area contributed by atoms with Crippen LogP contribution in [0.2, 0.25) is 0 Å². The van der Waals surface area contributed by atoms with Crippen LogP contribution in [0.4, 0.5) is 5.95 Å². The number of hydrogen-bond acceptors (Lipinski definition) is 5. The molecular weight excluding hydrogens is 330 g/mol. The van der Waals surface area contributed by atoms with E-state index in [2.05, 4.69) is 15.5 Å². The molecule has 0 unspecified atom stereocenters. The minimum absolute atomic E-state index is 0.112. The predicted octanol–water partition coefficient (Wildman–Crippen LogP) is 4.07. The topological polar surface area (TPSA) is 77.2 Å². The van der Waals surface area contributed by atoms with Crippen molar-refractivity contribution in [3.05, 3.63) is 59.2 Å². The first-order valence-electron chi connectivity index (χ1n) is 8.38. The molecule has 134 valence electrons. The van der Waals surface area contributed by atoms with Crippen LogP contribution in [-0.4, -0.2) is 22.2 Å². The molecule has 0 saturated heterocycles. The van der Waals surface area contributed by atoms with Crippen LogP contribution in [0.1, 0.15) is 23.6 Å². The number of nitrogens with zero attached hydrogens (tertiary/aromatic N) is 2. The smallest absolute Gasteiger partial charge is 0.270 e. The summed E-state index contributed by atoms with van der Waals surface area (Å²) < 4.78 is 10.9. The van der Waals surface area contributed by atoms with E-state index >= 15 is 0 Å². The summed E-state index contributed by atoms with van der Waals surface area (Å²) >= 11 is 0. The molecule has 2 aromatic carbocycles. The van der Waals surface area contributed by atoms with E-state index in [9.17, 15) is 4.79 Å². The average molecular weight is 351 g/mol. The van der Waals surface area contributed by atoms with E-state index in [0.717, 1.165) is 16.7 Å². The Morgan fingerprint density at radius 1 is 1.08 bits per heavy atom. The third kappa shape index (κ3) is 4.08. The summed E-state index contributed by atoms with van der Waals surface area (Å²) in [6, 6.07) is 13.4. The van der Waals surface area contributed by atoms with Gasteiger partial charge in [0.25, 0.3) is 17.7 Å². The van der Waals surface area contributed by atoms with Crippen LogP contribution in [-0.2, 0) is 4.79 Å². The van der Waals surface area contributed by atoms with Gasteiger partial charge in [-0.3, -0.25) is 10.1 Å². The Kier molecular flexibility index (Phi) is 5.02. The summed E-state index contributed by atoms with van der Waals surface area (Å²) in [5.74, 6) is 0.757. The fourth-order valence-electron chi connectivity index (χ4n) is 2.34. The van der Waals surface area contributed by atoms with E-state index < -0.39 is 6.10 Å². The second kappa shape index (κ2) is 7.39. The minimum atomic E-state index is -0.696. The van der Waals surface area contributed by atoms with Gasteiger partial charge in [-0.2, -0.15) is 4.98 Å². The van der Waals surface area contributed by atoms with Crippen molar-refractivity contribution in [1.29, 1.82) is 0 Å². The number of carbonyl (C=O) groups is 1. The molecule has 1 heterocycles.